The van der Waals surface area contributed by atoms with Gasteiger partial charge in [-0.1, -0.05) is 24.3 Å². The van der Waals surface area contributed by atoms with Crippen molar-refractivity contribution in [2.45, 2.75) is 38.5 Å². The summed E-state index contributed by atoms with van der Waals surface area (Å²) in [5.74, 6) is 1.49. The van der Waals surface area contributed by atoms with E-state index in [4.69, 9.17) is 4.74 Å². The van der Waals surface area contributed by atoms with Gasteiger partial charge in [-0.3, -0.25) is 0 Å². The predicted octanol–water partition coefficient (Wildman–Crippen LogP) is 4.92. The first-order chi connectivity index (χ1) is 10.1. The number of carbonyl (C=O) groups excluding carboxylic acids is 1. The number of unbranched alkanes of at least 4 members (excludes halogenated alkanes) is 1. The second-order valence-electron chi connectivity index (χ2n) is 5.41. The Kier molecular flexibility index (Phi) is 7.52. The molecule has 2 heteroatoms. The molecule has 1 aromatic carbocycles. The molecule has 0 aromatic heterocycles. The van der Waals surface area contributed by atoms with Crippen LogP contribution in [0.3, 0.4) is 0 Å². The van der Waals surface area contributed by atoms with Crippen molar-refractivity contribution in [3.63, 3.8) is 0 Å². The van der Waals surface area contributed by atoms with Crippen molar-refractivity contribution in [1.82, 2.24) is 0 Å². The highest BCUT2D eigenvalue weighted by Crippen LogP contribution is 2.34. The molecule has 0 aliphatic carbocycles. The molecule has 21 heavy (non-hydrogen) atoms. The van der Waals surface area contributed by atoms with E-state index in [2.05, 4.69) is 19.2 Å². The first kappa shape index (κ1) is 17.2. The molecule has 0 N–H and O–H groups in total. The summed E-state index contributed by atoms with van der Waals surface area (Å²) >= 11 is 0. The van der Waals surface area contributed by atoms with Crippen LogP contribution in [0.1, 0.15) is 44.1 Å². The Morgan fingerprint density at radius 3 is 2.71 bits per heavy atom. The van der Waals surface area contributed by atoms with Crippen molar-refractivity contribution in [2.24, 2.45) is 5.92 Å². The van der Waals surface area contributed by atoms with Gasteiger partial charge in [-0.2, -0.15) is 0 Å². The van der Waals surface area contributed by atoms with Crippen LogP contribution in [-0.4, -0.2) is 12.9 Å². The van der Waals surface area contributed by atoms with Gasteiger partial charge in [-0.25, -0.2) is 0 Å². The van der Waals surface area contributed by atoms with E-state index in [1.165, 1.54) is 0 Å². The van der Waals surface area contributed by atoms with Gasteiger partial charge in [0.05, 0.1) is 7.11 Å². The molecule has 1 aromatic rings. The van der Waals surface area contributed by atoms with Crippen LogP contribution in [0.4, 0.5) is 0 Å². The van der Waals surface area contributed by atoms with Crippen LogP contribution in [0.5, 0.6) is 5.75 Å². The van der Waals surface area contributed by atoms with Crippen molar-refractivity contribution in [3.8, 4) is 5.75 Å². The van der Waals surface area contributed by atoms with E-state index in [-0.39, 0.29) is 11.7 Å². The number of hydrogen-bond acceptors (Lipinski definition) is 2. The van der Waals surface area contributed by atoms with Gasteiger partial charge in [-0.05, 0) is 55.7 Å². The number of Topliss-reactive ketones (excluding diaryl/α,β-unsaturated/α-hetero) is 1. The summed E-state index contributed by atoms with van der Waals surface area (Å²) in [6.45, 7) is 9.38. The molecule has 0 saturated heterocycles. The third-order valence-electron chi connectivity index (χ3n) is 3.79. The Labute approximate surface area is 128 Å². The lowest BCUT2D eigenvalue weighted by Gasteiger charge is -2.24. The van der Waals surface area contributed by atoms with Crippen molar-refractivity contribution < 1.29 is 9.53 Å². The lowest BCUT2D eigenvalue weighted by Crippen LogP contribution is -2.14. The monoisotopic (exact) mass is 286 g/mol. The molecular formula is C19H26O2. The quantitative estimate of drug-likeness (QED) is 0.451. The van der Waals surface area contributed by atoms with Crippen molar-refractivity contribution in [2.75, 3.05) is 7.11 Å². The van der Waals surface area contributed by atoms with Gasteiger partial charge in [-0.15, -0.1) is 13.2 Å². The molecule has 0 bridgehead atoms. The molecule has 0 amide bonds. The van der Waals surface area contributed by atoms with E-state index < -0.39 is 0 Å². The Balaban J connectivity index is 2.98. The number of rotatable bonds is 10. The largest absolute Gasteiger partial charge is 0.497 e. The highest BCUT2D eigenvalue weighted by Gasteiger charge is 2.22. The van der Waals surface area contributed by atoms with E-state index >= 15 is 0 Å². The molecule has 0 aliphatic heterocycles. The molecular weight excluding hydrogens is 260 g/mol. The summed E-state index contributed by atoms with van der Waals surface area (Å²) in [6, 6.07) is 8.00. The molecule has 0 radical (unpaired) electrons. The minimum atomic E-state index is 0.167. The molecule has 0 fully saturated rings. The van der Waals surface area contributed by atoms with E-state index in [0.717, 1.165) is 30.6 Å². The summed E-state index contributed by atoms with van der Waals surface area (Å²) in [5.41, 5.74) is 1.15. The number of ether oxygens (including phenoxy) is 1. The third-order valence-corrected chi connectivity index (χ3v) is 3.79. The summed E-state index contributed by atoms with van der Waals surface area (Å²) < 4.78 is 5.30. The molecule has 2 nitrogen and oxygen atoms in total. The maximum absolute atomic E-state index is 11.7. The Bertz CT molecular complexity index is 476. The number of carbonyl (C=O) groups is 1. The SMILES string of the molecule is C=CCCC[C@H](C=C)[C@H](CC(C)=O)c1cccc(OC)c1. The number of hydrogen-bond donors (Lipinski definition) is 0. The fraction of sp³-hybridized carbons (Fsp3) is 0.421. The van der Waals surface area contributed by atoms with Crippen LogP contribution in [0.2, 0.25) is 0 Å². The summed E-state index contributed by atoms with van der Waals surface area (Å²) in [4.78, 5) is 11.7. The lowest BCUT2D eigenvalue weighted by molar-refractivity contribution is -0.117. The number of benzene rings is 1. The zero-order valence-corrected chi connectivity index (χ0v) is 13.2. The third kappa shape index (κ3) is 5.58. The van der Waals surface area contributed by atoms with Crippen LogP contribution in [0, 0.1) is 5.92 Å². The molecule has 1 rings (SSSR count). The number of allylic oxidation sites excluding steroid dienone is 2. The zero-order chi connectivity index (χ0) is 15.7. The van der Waals surface area contributed by atoms with E-state index in [1.807, 2.05) is 30.4 Å². The molecule has 0 saturated carbocycles. The molecule has 0 spiro atoms. The first-order valence-corrected chi connectivity index (χ1v) is 7.49. The van der Waals surface area contributed by atoms with Gasteiger partial charge in [0.2, 0.25) is 0 Å². The van der Waals surface area contributed by atoms with Gasteiger partial charge >= 0.3 is 0 Å². The van der Waals surface area contributed by atoms with Crippen LogP contribution in [0.25, 0.3) is 0 Å². The highest BCUT2D eigenvalue weighted by atomic mass is 16.5. The fourth-order valence-electron chi connectivity index (χ4n) is 2.68. The summed E-state index contributed by atoms with van der Waals surface area (Å²) in [5, 5.41) is 0. The summed E-state index contributed by atoms with van der Waals surface area (Å²) in [7, 11) is 1.66. The number of ketones is 1. The molecule has 0 heterocycles. The normalized spacial score (nSPS) is 13.2. The molecule has 2 atom stereocenters. The van der Waals surface area contributed by atoms with E-state index in [1.54, 1.807) is 14.0 Å². The first-order valence-electron chi connectivity index (χ1n) is 7.49. The van der Waals surface area contributed by atoms with Gasteiger partial charge in [0.1, 0.15) is 11.5 Å². The molecule has 114 valence electrons. The molecule has 0 unspecified atom stereocenters. The van der Waals surface area contributed by atoms with Crippen LogP contribution in [0.15, 0.2) is 49.6 Å². The van der Waals surface area contributed by atoms with Gasteiger partial charge < -0.3 is 9.53 Å². The minimum absolute atomic E-state index is 0.167. The standard InChI is InChI=1S/C19H26O2/c1-5-7-8-10-16(6-2)19(13-15(3)20)17-11-9-12-18(14-17)21-4/h5-6,9,11-12,14,16,19H,1-2,7-8,10,13H2,3-4H3/t16-,19-/m0/s1. The van der Waals surface area contributed by atoms with E-state index in [0.29, 0.717) is 12.3 Å². The second kappa shape index (κ2) is 9.17. The van der Waals surface area contributed by atoms with E-state index in [9.17, 15) is 4.79 Å². The second-order valence-corrected chi connectivity index (χ2v) is 5.41. The van der Waals surface area contributed by atoms with Gasteiger partial charge in [0, 0.05) is 6.42 Å². The van der Waals surface area contributed by atoms with Crippen molar-refractivity contribution >= 4 is 5.78 Å². The lowest BCUT2D eigenvalue weighted by atomic mass is 9.80. The van der Waals surface area contributed by atoms with Crippen LogP contribution < -0.4 is 4.74 Å². The molecule has 0 aliphatic rings. The van der Waals surface area contributed by atoms with Crippen LogP contribution >= 0.6 is 0 Å². The Morgan fingerprint density at radius 1 is 1.38 bits per heavy atom. The number of methoxy groups -OCH3 is 1. The smallest absolute Gasteiger partial charge is 0.130 e. The average Bonchev–Trinajstić information content (AvgIpc) is 2.49. The Hall–Kier alpha value is -1.83. The fourth-order valence-corrected chi connectivity index (χ4v) is 2.68. The maximum Gasteiger partial charge on any atom is 0.130 e. The zero-order valence-electron chi connectivity index (χ0n) is 13.2. The maximum atomic E-state index is 11.7. The van der Waals surface area contributed by atoms with Crippen molar-refractivity contribution in [3.05, 3.63) is 55.1 Å². The van der Waals surface area contributed by atoms with Crippen LogP contribution in [-0.2, 0) is 4.79 Å². The minimum Gasteiger partial charge on any atom is -0.497 e. The summed E-state index contributed by atoms with van der Waals surface area (Å²) in [6.07, 6.45) is 7.54. The van der Waals surface area contributed by atoms with Gasteiger partial charge in [0.15, 0.2) is 0 Å². The predicted molar refractivity (Wildman–Crippen MR) is 88.8 cm³/mol. The Morgan fingerprint density at radius 2 is 2.14 bits per heavy atom. The highest BCUT2D eigenvalue weighted by molar-refractivity contribution is 5.76. The average molecular weight is 286 g/mol. The van der Waals surface area contributed by atoms with Gasteiger partial charge in [0.25, 0.3) is 0 Å². The van der Waals surface area contributed by atoms with Crippen molar-refractivity contribution in [1.29, 1.82) is 0 Å². The topological polar surface area (TPSA) is 26.3 Å².